The molecule has 1 rings (SSSR count). The summed E-state index contributed by atoms with van der Waals surface area (Å²) >= 11 is 0. The van der Waals surface area contributed by atoms with Crippen LogP contribution in [0.4, 0.5) is 0 Å². The second-order valence-electron chi connectivity index (χ2n) is 1.85. The normalized spacial score (nSPS) is 27.5. The van der Waals surface area contributed by atoms with Gasteiger partial charge in [-0.1, -0.05) is 6.08 Å². The van der Waals surface area contributed by atoms with Gasteiger partial charge in [0.15, 0.2) is 0 Å². The zero-order valence-corrected chi connectivity index (χ0v) is 4.63. The maximum Gasteiger partial charge on any atom is 0.248 e. The molecule has 0 aliphatic carbocycles. The van der Waals surface area contributed by atoms with Crippen molar-refractivity contribution >= 4 is 5.91 Å². The van der Waals surface area contributed by atoms with Crippen molar-refractivity contribution in [2.24, 2.45) is 5.92 Å². The van der Waals surface area contributed by atoms with E-state index in [0.717, 1.165) is 6.42 Å². The van der Waals surface area contributed by atoms with Crippen LogP contribution in [0, 0.1) is 5.92 Å². The highest BCUT2D eigenvalue weighted by molar-refractivity contribution is 5.81. The maximum atomic E-state index is 10.6. The summed E-state index contributed by atoms with van der Waals surface area (Å²) in [6.45, 7) is 4.20. The van der Waals surface area contributed by atoms with Crippen molar-refractivity contribution in [1.29, 1.82) is 0 Å². The first-order chi connectivity index (χ1) is 3.84. The Hall–Kier alpha value is -0.790. The molecule has 0 aromatic heterocycles. The number of amides is 1. The predicted molar refractivity (Wildman–Crippen MR) is 30.3 cm³/mol. The van der Waals surface area contributed by atoms with Gasteiger partial charge in [0.1, 0.15) is 0 Å². The maximum absolute atomic E-state index is 10.6. The molecule has 1 unspecified atom stereocenters. The van der Waals surface area contributed by atoms with E-state index in [1.165, 1.54) is 0 Å². The lowest BCUT2D eigenvalue weighted by molar-refractivity contribution is -0.121. The summed E-state index contributed by atoms with van der Waals surface area (Å²) in [5.74, 6) is 0.0231. The average Bonchev–Trinajstić information content (AvgIpc) is 2.14. The third-order valence-corrected chi connectivity index (χ3v) is 1.31. The van der Waals surface area contributed by atoms with Gasteiger partial charge in [0.25, 0.3) is 0 Å². The van der Waals surface area contributed by atoms with E-state index < -0.39 is 0 Å². The Balaban J connectivity index is 2.54. The highest BCUT2D eigenvalue weighted by Gasteiger charge is 2.21. The van der Waals surface area contributed by atoms with E-state index >= 15 is 0 Å². The molecular weight excluding hydrogens is 102 g/mol. The topological polar surface area (TPSA) is 31.2 Å². The fourth-order valence-electron chi connectivity index (χ4n) is 0.773. The molecule has 2 nitrogen and oxygen atoms in total. The number of hydrogen-bond donors (Lipinski definition) is 0. The second kappa shape index (κ2) is 1.99. The summed E-state index contributed by atoms with van der Waals surface area (Å²) in [5, 5.41) is 3.68. The second-order valence-corrected chi connectivity index (χ2v) is 1.85. The van der Waals surface area contributed by atoms with Crippen LogP contribution in [0.1, 0.15) is 6.42 Å². The van der Waals surface area contributed by atoms with Gasteiger partial charge in [-0.05, 0) is 6.42 Å². The summed E-state index contributed by atoms with van der Waals surface area (Å²) in [6, 6.07) is 0. The van der Waals surface area contributed by atoms with E-state index in [0.29, 0.717) is 6.54 Å². The van der Waals surface area contributed by atoms with Crippen LogP contribution in [0.5, 0.6) is 0 Å². The van der Waals surface area contributed by atoms with Crippen molar-refractivity contribution in [3.05, 3.63) is 12.7 Å². The monoisotopic (exact) mass is 110 g/mol. The third-order valence-electron chi connectivity index (χ3n) is 1.31. The molecule has 1 amide bonds. The molecule has 1 saturated heterocycles. The molecule has 2 heteroatoms. The Morgan fingerprint density at radius 3 is 2.88 bits per heavy atom. The van der Waals surface area contributed by atoms with Crippen LogP contribution >= 0.6 is 0 Å². The van der Waals surface area contributed by atoms with Gasteiger partial charge in [0.2, 0.25) is 5.91 Å². The number of carbonyl (C=O) groups excluding carboxylic acids is 1. The third kappa shape index (κ3) is 0.735. The van der Waals surface area contributed by atoms with Gasteiger partial charge in [-0.25, -0.2) is 0 Å². The minimum atomic E-state index is 0.000000000000000222. The van der Waals surface area contributed by atoms with Crippen LogP contribution in [0.25, 0.3) is 0 Å². The lowest BCUT2D eigenvalue weighted by Gasteiger charge is -1.91. The Morgan fingerprint density at radius 2 is 2.62 bits per heavy atom. The number of rotatable bonds is 1. The zero-order chi connectivity index (χ0) is 5.98. The molecule has 0 bridgehead atoms. The Kier molecular flexibility index (Phi) is 1.33. The van der Waals surface area contributed by atoms with E-state index in [2.05, 4.69) is 11.9 Å². The minimum Gasteiger partial charge on any atom is -0.272 e. The Morgan fingerprint density at radius 1 is 1.88 bits per heavy atom. The van der Waals surface area contributed by atoms with Gasteiger partial charge in [0.05, 0.1) is 5.92 Å². The predicted octanol–water partition coefficient (Wildman–Crippen LogP) is 0.323. The fourth-order valence-corrected chi connectivity index (χ4v) is 0.773. The minimum absolute atomic E-state index is 0.000000000000000222. The molecule has 43 valence electrons. The molecule has 1 aliphatic rings. The molecule has 0 saturated carbocycles. The smallest absolute Gasteiger partial charge is 0.248 e. The van der Waals surface area contributed by atoms with Crippen molar-refractivity contribution in [1.82, 2.24) is 5.32 Å². The molecular formula is C6H8NO. The number of nitrogens with zero attached hydrogens (tertiary/aromatic N) is 1. The SMILES string of the molecule is C=CC1CC[N]C1=O. The van der Waals surface area contributed by atoms with Gasteiger partial charge < -0.3 is 0 Å². The van der Waals surface area contributed by atoms with E-state index in [1.807, 2.05) is 0 Å². The van der Waals surface area contributed by atoms with Gasteiger partial charge in [-0.3, -0.25) is 10.1 Å². The quantitative estimate of drug-likeness (QED) is 0.447. The molecule has 0 N–H and O–H groups in total. The number of hydrogen-bond acceptors (Lipinski definition) is 1. The van der Waals surface area contributed by atoms with Crippen LogP contribution in [-0.4, -0.2) is 12.5 Å². The summed E-state index contributed by atoms with van der Waals surface area (Å²) in [6.07, 6.45) is 2.53. The largest absolute Gasteiger partial charge is 0.272 e. The van der Waals surface area contributed by atoms with E-state index in [-0.39, 0.29) is 11.8 Å². The Labute approximate surface area is 48.6 Å². The lowest BCUT2D eigenvalue weighted by Crippen LogP contribution is -2.10. The van der Waals surface area contributed by atoms with Crippen molar-refractivity contribution in [2.75, 3.05) is 6.54 Å². The molecule has 1 radical (unpaired) electrons. The Bertz CT molecular complexity index is 120. The molecule has 0 spiro atoms. The summed E-state index contributed by atoms with van der Waals surface area (Å²) in [4.78, 5) is 10.6. The van der Waals surface area contributed by atoms with Crippen molar-refractivity contribution in [3.8, 4) is 0 Å². The van der Waals surface area contributed by atoms with Crippen LogP contribution in [0.15, 0.2) is 12.7 Å². The van der Waals surface area contributed by atoms with Gasteiger partial charge >= 0.3 is 0 Å². The summed E-state index contributed by atoms with van der Waals surface area (Å²) in [5.41, 5.74) is 0. The van der Waals surface area contributed by atoms with Crippen molar-refractivity contribution < 1.29 is 4.79 Å². The first-order valence-corrected chi connectivity index (χ1v) is 2.68. The van der Waals surface area contributed by atoms with Crippen molar-refractivity contribution in [2.45, 2.75) is 6.42 Å². The van der Waals surface area contributed by atoms with E-state index in [1.54, 1.807) is 6.08 Å². The molecule has 0 aromatic carbocycles. The molecule has 1 heterocycles. The summed E-state index contributed by atoms with van der Waals surface area (Å²) in [7, 11) is 0. The molecule has 0 aromatic rings. The lowest BCUT2D eigenvalue weighted by atomic mass is 10.1. The van der Waals surface area contributed by atoms with Gasteiger partial charge in [0, 0.05) is 6.54 Å². The highest BCUT2D eigenvalue weighted by atomic mass is 16.2. The average molecular weight is 110 g/mol. The first kappa shape index (κ1) is 5.35. The van der Waals surface area contributed by atoms with Crippen LogP contribution in [-0.2, 0) is 4.79 Å². The van der Waals surface area contributed by atoms with Gasteiger partial charge in [-0.2, -0.15) is 0 Å². The van der Waals surface area contributed by atoms with Crippen LogP contribution < -0.4 is 5.32 Å². The van der Waals surface area contributed by atoms with Crippen LogP contribution in [0.3, 0.4) is 0 Å². The number of carbonyl (C=O) groups is 1. The summed E-state index contributed by atoms with van der Waals surface area (Å²) < 4.78 is 0. The standard InChI is InChI=1S/C6H8NO/c1-2-5-3-4-7-6(5)8/h2,5H,1,3-4H2. The highest BCUT2D eigenvalue weighted by Crippen LogP contribution is 2.09. The zero-order valence-electron chi connectivity index (χ0n) is 4.63. The first-order valence-electron chi connectivity index (χ1n) is 2.68. The molecule has 1 aliphatic heterocycles. The van der Waals surface area contributed by atoms with Gasteiger partial charge in [-0.15, -0.1) is 6.58 Å². The van der Waals surface area contributed by atoms with Crippen LogP contribution in [0.2, 0.25) is 0 Å². The molecule has 8 heavy (non-hydrogen) atoms. The molecule has 1 fully saturated rings. The van der Waals surface area contributed by atoms with Crippen molar-refractivity contribution in [3.63, 3.8) is 0 Å². The molecule has 1 atom stereocenters. The van der Waals surface area contributed by atoms with E-state index in [9.17, 15) is 4.79 Å². The van der Waals surface area contributed by atoms with E-state index in [4.69, 9.17) is 0 Å². The fraction of sp³-hybridized carbons (Fsp3) is 0.500.